The van der Waals surface area contributed by atoms with Crippen molar-refractivity contribution in [2.24, 2.45) is 0 Å². The maximum Gasteiger partial charge on any atom is 0.407 e. The zero-order valence-electron chi connectivity index (χ0n) is 19.3. The number of carbonyl (C=O) groups is 1. The number of sulfonamides is 1. The molecule has 0 radical (unpaired) electrons. The second kappa shape index (κ2) is 12.1. The average molecular weight is 531 g/mol. The summed E-state index contributed by atoms with van der Waals surface area (Å²) in [5, 5.41) is 13.0. The van der Waals surface area contributed by atoms with Gasteiger partial charge in [-0.15, -0.1) is 0 Å². The molecule has 9 nitrogen and oxygen atoms in total. The number of halogens is 1. The van der Waals surface area contributed by atoms with Crippen LogP contribution in [0.3, 0.4) is 0 Å². The van der Waals surface area contributed by atoms with Gasteiger partial charge in [0.1, 0.15) is 9.96 Å². The Kier molecular flexibility index (Phi) is 9.43. The molecule has 0 aliphatic carbocycles. The number of piperazine rings is 1. The Morgan fingerprint density at radius 1 is 1.32 bits per heavy atom. The van der Waals surface area contributed by atoms with Crippen LogP contribution < -0.4 is 19.7 Å². The van der Waals surface area contributed by atoms with Crippen molar-refractivity contribution in [1.29, 1.82) is 0 Å². The number of thiophene rings is 1. The molecule has 0 bridgehead atoms. The van der Waals surface area contributed by atoms with Gasteiger partial charge in [0.25, 0.3) is 0 Å². The first-order valence-corrected chi connectivity index (χ1v) is 13.9. The van der Waals surface area contributed by atoms with Crippen LogP contribution in [0.4, 0.5) is 10.5 Å². The molecule has 1 aliphatic heterocycles. The van der Waals surface area contributed by atoms with Gasteiger partial charge in [-0.2, -0.15) is 0 Å². The molecule has 1 amide bonds. The van der Waals surface area contributed by atoms with Crippen molar-refractivity contribution in [3.05, 3.63) is 35.4 Å². The van der Waals surface area contributed by atoms with Gasteiger partial charge in [-0.05, 0) is 38.0 Å². The maximum absolute atomic E-state index is 13.0. The minimum absolute atomic E-state index is 0.0507. The topological polar surface area (TPSA) is 111 Å². The number of benzene rings is 1. The molecule has 1 aromatic carbocycles. The third kappa shape index (κ3) is 6.98. The monoisotopic (exact) mass is 530 g/mol. The first-order chi connectivity index (χ1) is 16.2. The highest BCUT2D eigenvalue weighted by Gasteiger charge is 2.25. The molecule has 1 saturated heterocycles. The number of nitrogens with one attached hydrogen (secondary N) is 2. The fourth-order valence-corrected chi connectivity index (χ4v) is 6.60. The number of rotatable bonds is 11. The molecule has 12 heteroatoms. The Labute approximate surface area is 209 Å². The maximum atomic E-state index is 13.0. The van der Waals surface area contributed by atoms with Crippen molar-refractivity contribution in [2.75, 3.05) is 44.2 Å². The van der Waals surface area contributed by atoms with E-state index in [1.54, 1.807) is 6.92 Å². The highest BCUT2D eigenvalue weighted by molar-refractivity contribution is 7.91. The fourth-order valence-electron chi connectivity index (χ4n) is 3.63. The highest BCUT2D eigenvalue weighted by atomic mass is 35.5. The molecule has 3 N–H and O–H groups in total. The molecule has 1 unspecified atom stereocenters. The lowest BCUT2D eigenvalue weighted by molar-refractivity contribution is 0.146. The predicted octanol–water partition coefficient (Wildman–Crippen LogP) is 4.05. The standard InChI is InChI=1S/C22H31ClN4O5S2/c1-3-16(8-11-26(4-2)22(28)29)25-34(30,31)20-15-19(23)21(33-20)32-18-7-5-6-17(14-18)27-12-9-24-10-13-27/h5-7,14-16,24-25H,3-4,8-13H2,1-2H3,(H,28,29). The molecular formula is C22H31ClN4O5S2. The normalized spacial score (nSPS) is 15.2. The van der Waals surface area contributed by atoms with Crippen molar-refractivity contribution < 1.29 is 23.1 Å². The van der Waals surface area contributed by atoms with Crippen LogP contribution in [0.5, 0.6) is 10.8 Å². The van der Waals surface area contributed by atoms with Gasteiger partial charge in [-0.1, -0.05) is 35.9 Å². The Morgan fingerprint density at radius 2 is 2.06 bits per heavy atom. The Balaban J connectivity index is 1.69. The molecule has 1 fully saturated rings. The van der Waals surface area contributed by atoms with Gasteiger partial charge >= 0.3 is 6.09 Å². The molecule has 0 saturated carbocycles. The Hall–Kier alpha value is -2.05. The van der Waals surface area contributed by atoms with Crippen LogP contribution in [0, 0.1) is 0 Å². The van der Waals surface area contributed by atoms with Crippen molar-refractivity contribution in [3.63, 3.8) is 0 Å². The summed E-state index contributed by atoms with van der Waals surface area (Å²) in [5.41, 5.74) is 1.04. The van der Waals surface area contributed by atoms with Gasteiger partial charge in [0.05, 0.1) is 5.02 Å². The molecule has 34 heavy (non-hydrogen) atoms. The summed E-state index contributed by atoms with van der Waals surface area (Å²) < 4.78 is 34.6. The first kappa shape index (κ1) is 26.6. The van der Waals surface area contributed by atoms with Crippen LogP contribution in [0.15, 0.2) is 34.5 Å². The van der Waals surface area contributed by atoms with Gasteiger partial charge in [0.15, 0.2) is 0 Å². The lowest BCUT2D eigenvalue weighted by atomic mass is 10.1. The van der Waals surface area contributed by atoms with Crippen LogP contribution in [0.25, 0.3) is 0 Å². The Bertz CT molecular complexity index is 1070. The van der Waals surface area contributed by atoms with E-state index in [1.807, 2.05) is 31.2 Å². The largest absolute Gasteiger partial charge is 0.465 e. The van der Waals surface area contributed by atoms with E-state index >= 15 is 0 Å². The van der Waals surface area contributed by atoms with E-state index in [0.29, 0.717) is 30.2 Å². The van der Waals surface area contributed by atoms with E-state index in [4.69, 9.17) is 21.4 Å². The van der Waals surface area contributed by atoms with E-state index in [-0.39, 0.29) is 15.8 Å². The van der Waals surface area contributed by atoms with E-state index in [0.717, 1.165) is 43.2 Å². The third-order valence-electron chi connectivity index (χ3n) is 5.62. The summed E-state index contributed by atoms with van der Waals surface area (Å²) >= 11 is 7.27. The van der Waals surface area contributed by atoms with Gasteiger partial charge in [-0.3, -0.25) is 0 Å². The van der Waals surface area contributed by atoms with E-state index in [1.165, 1.54) is 11.0 Å². The second-order valence-corrected chi connectivity index (χ2v) is 11.3. The van der Waals surface area contributed by atoms with Gasteiger partial charge in [0.2, 0.25) is 15.1 Å². The second-order valence-electron chi connectivity index (χ2n) is 7.91. The van der Waals surface area contributed by atoms with E-state index < -0.39 is 22.2 Å². The molecule has 1 aromatic heterocycles. The van der Waals surface area contributed by atoms with Crippen molar-refractivity contribution >= 4 is 44.7 Å². The summed E-state index contributed by atoms with van der Waals surface area (Å²) in [6.07, 6.45) is -0.123. The van der Waals surface area contributed by atoms with Gasteiger partial charge < -0.3 is 25.0 Å². The SMILES string of the molecule is CCC(CCN(CC)C(=O)O)NS(=O)(=O)c1cc(Cl)c(Oc2cccc(N3CCNCC3)c2)s1. The van der Waals surface area contributed by atoms with Crippen LogP contribution in [-0.4, -0.2) is 69.8 Å². The third-order valence-corrected chi connectivity index (χ3v) is 9.02. The molecule has 2 aromatic rings. The molecule has 1 aliphatic rings. The summed E-state index contributed by atoms with van der Waals surface area (Å²) in [7, 11) is -3.84. The molecule has 0 spiro atoms. The zero-order valence-corrected chi connectivity index (χ0v) is 21.7. The number of anilines is 1. The number of ether oxygens (including phenoxy) is 1. The fraction of sp³-hybridized carbons (Fsp3) is 0.500. The molecule has 3 rings (SSSR count). The number of nitrogens with zero attached hydrogens (tertiary/aromatic N) is 2. The number of hydrogen-bond donors (Lipinski definition) is 3. The minimum Gasteiger partial charge on any atom is -0.465 e. The predicted molar refractivity (Wildman–Crippen MR) is 135 cm³/mol. The molecule has 188 valence electrons. The molecular weight excluding hydrogens is 500 g/mol. The number of hydrogen-bond acceptors (Lipinski definition) is 7. The summed E-state index contributed by atoms with van der Waals surface area (Å²) in [5.74, 6) is 0.580. The van der Waals surface area contributed by atoms with Gasteiger partial charge in [-0.25, -0.2) is 17.9 Å². The minimum atomic E-state index is -3.84. The molecule has 1 atom stereocenters. The van der Waals surface area contributed by atoms with Crippen molar-refractivity contribution in [3.8, 4) is 10.8 Å². The Morgan fingerprint density at radius 3 is 2.71 bits per heavy atom. The number of amides is 1. The summed E-state index contributed by atoms with van der Waals surface area (Å²) in [6, 6.07) is 8.62. The lowest BCUT2D eigenvalue weighted by Crippen LogP contribution is -2.43. The van der Waals surface area contributed by atoms with Crippen LogP contribution in [0.2, 0.25) is 5.02 Å². The van der Waals surface area contributed by atoms with Crippen LogP contribution in [0.1, 0.15) is 26.7 Å². The summed E-state index contributed by atoms with van der Waals surface area (Å²) in [4.78, 5) is 14.7. The van der Waals surface area contributed by atoms with Crippen molar-refractivity contribution in [2.45, 2.75) is 36.9 Å². The van der Waals surface area contributed by atoms with Crippen LogP contribution >= 0.6 is 22.9 Å². The summed E-state index contributed by atoms with van der Waals surface area (Å²) in [6.45, 7) is 7.82. The smallest absolute Gasteiger partial charge is 0.407 e. The quantitative estimate of drug-likeness (QED) is 0.402. The van der Waals surface area contributed by atoms with E-state index in [9.17, 15) is 13.2 Å². The van der Waals surface area contributed by atoms with Gasteiger partial charge in [0, 0.05) is 57.1 Å². The highest BCUT2D eigenvalue weighted by Crippen LogP contribution is 2.40. The van der Waals surface area contributed by atoms with E-state index in [2.05, 4.69) is 14.9 Å². The van der Waals surface area contributed by atoms with Crippen molar-refractivity contribution in [1.82, 2.24) is 14.9 Å². The number of carboxylic acid groups (broad SMARTS) is 1. The average Bonchev–Trinajstić information content (AvgIpc) is 3.20. The lowest BCUT2D eigenvalue weighted by Gasteiger charge is -2.29. The molecule has 2 heterocycles. The first-order valence-electron chi connectivity index (χ1n) is 11.3. The van der Waals surface area contributed by atoms with Crippen LogP contribution in [-0.2, 0) is 10.0 Å². The zero-order chi connectivity index (χ0) is 24.7.